The van der Waals surface area contributed by atoms with Crippen molar-refractivity contribution in [3.05, 3.63) is 58.7 Å². The van der Waals surface area contributed by atoms with Crippen LogP contribution in [0.15, 0.2) is 41.3 Å². The van der Waals surface area contributed by atoms with Gasteiger partial charge in [0.25, 0.3) is 5.91 Å². The zero-order chi connectivity index (χ0) is 19.6. The lowest BCUT2D eigenvalue weighted by Crippen LogP contribution is -2.24. The van der Waals surface area contributed by atoms with Crippen molar-refractivity contribution in [1.29, 1.82) is 0 Å². The number of anilines is 1. The topological polar surface area (TPSA) is 66.5 Å². The van der Waals surface area contributed by atoms with Gasteiger partial charge in [0, 0.05) is 25.3 Å². The van der Waals surface area contributed by atoms with E-state index in [1.165, 1.54) is 20.2 Å². The first-order chi connectivity index (χ1) is 12.1. The lowest BCUT2D eigenvalue weighted by Gasteiger charge is -2.17. The highest BCUT2D eigenvalue weighted by Crippen LogP contribution is 2.26. The van der Waals surface area contributed by atoms with Crippen molar-refractivity contribution in [3.63, 3.8) is 0 Å². The molecule has 0 unspecified atom stereocenters. The van der Waals surface area contributed by atoms with Gasteiger partial charge in [0.2, 0.25) is 10.0 Å². The molecule has 5 nitrogen and oxygen atoms in total. The third-order valence-corrected chi connectivity index (χ3v) is 6.41. The molecule has 6 heteroatoms. The number of aryl methyl sites for hydroxylation is 1. The second-order valence-electron chi connectivity index (χ2n) is 6.90. The summed E-state index contributed by atoms with van der Waals surface area (Å²) < 4.78 is 26.3. The van der Waals surface area contributed by atoms with Crippen LogP contribution in [0.1, 0.15) is 46.8 Å². The summed E-state index contributed by atoms with van der Waals surface area (Å²) in [5.41, 5.74) is 3.51. The molecule has 0 spiro atoms. The molecule has 140 valence electrons. The van der Waals surface area contributed by atoms with Crippen LogP contribution >= 0.6 is 0 Å². The van der Waals surface area contributed by atoms with Gasteiger partial charge >= 0.3 is 0 Å². The van der Waals surface area contributed by atoms with Crippen LogP contribution in [0.3, 0.4) is 0 Å². The molecule has 1 N–H and O–H groups in total. The third-order valence-electron chi connectivity index (χ3n) is 4.47. The Morgan fingerprint density at radius 1 is 1.08 bits per heavy atom. The first kappa shape index (κ1) is 20.1. The number of sulfonamides is 1. The molecule has 0 saturated heterocycles. The number of para-hydroxylation sites is 1. The molecule has 0 radical (unpaired) electrons. The van der Waals surface area contributed by atoms with Gasteiger partial charge in [-0.1, -0.05) is 32.0 Å². The molecular formula is C20H26N2O3S. The average molecular weight is 375 g/mol. The van der Waals surface area contributed by atoms with Gasteiger partial charge in [0.15, 0.2) is 0 Å². The molecule has 0 saturated carbocycles. The molecule has 0 aliphatic rings. The zero-order valence-corrected chi connectivity index (χ0v) is 16.9. The number of benzene rings is 2. The SMILES string of the molecule is Cc1cc(C(=O)Nc2ccccc2C(C)C)cc(S(=O)(=O)N(C)C)c1C. The molecule has 26 heavy (non-hydrogen) atoms. The van der Waals surface area contributed by atoms with Crippen molar-refractivity contribution in [2.75, 3.05) is 19.4 Å². The molecule has 2 aromatic rings. The number of amides is 1. The minimum atomic E-state index is -3.63. The fourth-order valence-electron chi connectivity index (χ4n) is 2.73. The molecule has 0 aliphatic heterocycles. The lowest BCUT2D eigenvalue weighted by atomic mass is 10.0. The van der Waals surface area contributed by atoms with Crippen LogP contribution in [0.2, 0.25) is 0 Å². The maximum atomic E-state index is 12.8. The van der Waals surface area contributed by atoms with E-state index in [1.54, 1.807) is 13.0 Å². The minimum absolute atomic E-state index is 0.157. The molecule has 1 amide bonds. The van der Waals surface area contributed by atoms with Gasteiger partial charge < -0.3 is 5.32 Å². The van der Waals surface area contributed by atoms with E-state index in [2.05, 4.69) is 19.2 Å². The number of hydrogen-bond acceptors (Lipinski definition) is 3. The van der Waals surface area contributed by atoms with Crippen LogP contribution in [-0.2, 0) is 10.0 Å². The quantitative estimate of drug-likeness (QED) is 0.862. The Hall–Kier alpha value is -2.18. The molecule has 0 fully saturated rings. The third kappa shape index (κ3) is 3.97. The summed E-state index contributed by atoms with van der Waals surface area (Å²) in [6.07, 6.45) is 0. The Morgan fingerprint density at radius 3 is 2.27 bits per heavy atom. The molecule has 2 rings (SSSR count). The summed E-state index contributed by atoms with van der Waals surface area (Å²) in [7, 11) is -0.663. The van der Waals surface area contributed by atoms with Gasteiger partial charge in [-0.3, -0.25) is 4.79 Å². The molecular weight excluding hydrogens is 348 g/mol. The van der Waals surface area contributed by atoms with Crippen LogP contribution in [0.5, 0.6) is 0 Å². The Kier molecular flexibility index (Phi) is 5.88. The van der Waals surface area contributed by atoms with Gasteiger partial charge in [0.1, 0.15) is 0 Å². The van der Waals surface area contributed by atoms with Gasteiger partial charge in [-0.2, -0.15) is 0 Å². The van der Waals surface area contributed by atoms with Gasteiger partial charge in [0.05, 0.1) is 4.90 Å². The predicted molar refractivity (Wildman–Crippen MR) is 105 cm³/mol. The fraction of sp³-hybridized carbons (Fsp3) is 0.350. The van der Waals surface area contributed by atoms with E-state index in [9.17, 15) is 13.2 Å². The normalized spacial score (nSPS) is 11.8. The number of rotatable bonds is 5. The number of nitrogens with zero attached hydrogens (tertiary/aromatic N) is 1. The summed E-state index contributed by atoms with van der Waals surface area (Å²) in [5.74, 6) is -0.0626. The summed E-state index contributed by atoms with van der Waals surface area (Å²) in [6.45, 7) is 7.68. The Morgan fingerprint density at radius 2 is 1.69 bits per heavy atom. The maximum absolute atomic E-state index is 12.8. The molecule has 0 bridgehead atoms. The number of carbonyl (C=O) groups excluding carboxylic acids is 1. The van der Waals surface area contributed by atoms with E-state index >= 15 is 0 Å². The average Bonchev–Trinajstić information content (AvgIpc) is 2.56. The van der Waals surface area contributed by atoms with Gasteiger partial charge in [-0.25, -0.2) is 12.7 Å². The number of nitrogens with one attached hydrogen (secondary N) is 1. The van der Waals surface area contributed by atoms with Crippen molar-refractivity contribution in [1.82, 2.24) is 4.31 Å². The number of carbonyl (C=O) groups is 1. The second kappa shape index (κ2) is 7.60. The minimum Gasteiger partial charge on any atom is -0.322 e. The van der Waals surface area contributed by atoms with Gasteiger partial charge in [-0.15, -0.1) is 0 Å². The molecule has 0 heterocycles. The van der Waals surface area contributed by atoms with Crippen molar-refractivity contribution in [3.8, 4) is 0 Å². The Bertz CT molecular complexity index is 932. The Balaban J connectivity index is 2.47. The Labute approximate surface area is 156 Å². The summed E-state index contributed by atoms with van der Waals surface area (Å²) in [5, 5.41) is 2.92. The van der Waals surface area contributed by atoms with Crippen molar-refractivity contribution < 1.29 is 13.2 Å². The van der Waals surface area contributed by atoms with E-state index in [0.29, 0.717) is 11.1 Å². The number of hydrogen-bond donors (Lipinski definition) is 1. The highest BCUT2D eigenvalue weighted by atomic mass is 32.2. The van der Waals surface area contributed by atoms with Crippen LogP contribution in [0, 0.1) is 13.8 Å². The maximum Gasteiger partial charge on any atom is 0.255 e. The van der Waals surface area contributed by atoms with E-state index in [1.807, 2.05) is 31.2 Å². The summed E-state index contributed by atoms with van der Waals surface area (Å²) >= 11 is 0. The van der Waals surface area contributed by atoms with Crippen LogP contribution < -0.4 is 5.32 Å². The van der Waals surface area contributed by atoms with Crippen LogP contribution in [0.4, 0.5) is 5.69 Å². The molecule has 2 aromatic carbocycles. The zero-order valence-electron chi connectivity index (χ0n) is 16.1. The molecule has 0 atom stereocenters. The fourth-order valence-corrected chi connectivity index (χ4v) is 3.95. The van der Waals surface area contributed by atoms with E-state index in [0.717, 1.165) is 21.1 Å². The predicted octanol–water partition coefficient (Wildman–Crippen LogP) is 3.93. The molecule has 0 aromatic heterocycles. The van der Waals surface area contributed by atoms with Crippen molar-refractivity contribution in [2.24, 2.45) is 0 Å². The van der Waals surface area contributed by atoms with Crippen LogP contribution in [-0.4, -0.2) is 32.7 Å². The van der Waals surface area contributed by atoms with E-state index in [4.69, 9.17) is 0 Å². The summed E-state index contributed by atoms with van der Waals surface area (Å²) in [4.78, 5) is 12.9. The largest absolute Gasteiger partial charge is 0.322 e. The first-order valence-corrected chi connectivity index (χ1v) is 9.93. The highest BCUT2D eigenvalue weighted by molar-refractivity contribution is 7.89. The standard InChI is InChI=1S/C20H26N2O3S/c1-13(2)17-9-7-8-10-18(17)21-20(23)16-11-14(3)15(4)19(12-16)26(24,25)22(5)6/h7-13H,1-6H3,(H,21,23). The summed E-state index contributed by atoms with van der Waals surface area (Å²) in [6, 6.07) is 10.8. The highest BCUT2D eigenvalue weighted by Gasteiger charge is 2.23. The lowest BCUT2D eigenvalue weighted by molar-refractivity contribution is 0.102. The van der Waals surface area contributed by atoms with Crippen molar-refractivity contribution in [2.45, 2.75) is 38.5 Å². The van der Waals surface area contributed by atoms with Crippen molar-refractivity contribution >= 4 is 21.6 Å². The van der Waals surface area contributed by atoms with Crippen LogP contribution in [0.25, 0.3) is 0 Å². The van der Waals surface area contributed by atoms with Gasteiger partial charge in [-0.05, 0) is 54.7 Å². The van der Waals surface area contributed by atoms with E-state index < -0.39 is 10.0 Å². The first-order valence-electron chi connectivity index (χ1n) is 8.49. The second-order valence-corrected chi connectivity index (χ2v) is 9.02. The van der Waals surface area contributed by atoms with E-state index in [-0.39, 0.29) is 16.7 Å². The monoisotopic (exact) mass is 374 g/mol. The molecule has 0 aliphatic carbocycles. The smallest absolute Gasteiger partial charge is 0.255 e.